The van der Waals surface area contributed by atoms with Crippen LogP contribution in [0.1, 0.15) is 16.7 Å². The number of nitrogens with two attached hydrogens (primary N) is 1. The molecule has 2 nitrogen and oxygen atoms in total. The third-order valence-corrected chi connectivity index (χ3v) is 3.71. The third kappa shape index (κ3) is 3.19. The lowest BCUT2D eigenvalue weighted by atomic mass is 9.93. The minimum Gasteiger partial charge on any atom is -0.320 e. The van der Waals surface area contributed by atoms with Crippen molar-refractivity contribution < 1.29 is 4.39 Å². The number of hydrogen-bond donors (Lipinski definition) is 1. The van der Waals surface area contributed by atoms with Crippen molar-refractivity contribution in [3.63, 3.8) is 0 Å². The normalized spacial score (nSPS) is 16.4. The monoisotopic (exact) mass is 324 g/mol. The maximum absolute atomic E-state index is 14.2. The summed E-state index contributed by atoms with van der Waals surface area (Å²) in [6.07, 6.45) is 1.76. The molecule has 1 aliphatic rings. The van der Waals surface area contributed by atoms with Crippen molar-refractivity contribution in [2.24, 2.45) is 10.7 Å². The number of alkyl halides is 1. The van der Waals surface area contributed by atoms with Gasteiger partial charge in [-0.05, 0) is 23.8 Å². The van der Waals surface area contributed by atoms with Gasteiger partial charge in [-0.2, -0.15) is 0 Å². The molecule has 0 aliphatic carbocycles. The van der Waals surface area contributed by atoms with Gasteiger partial charge >= 0.3 is 0 Å². The van der Waals surface area contributed by atoms with Gasteiger partial charge in [0.1, 0.15) is 11.3 Å². The number of hydrogen-bond acceptors (Lipinski definition) is 2. The van der Waals surface area contributed by atoms with Crippen molar-refractivity contribution in [3.05, 3.63) is 77.1 Å². The highest BCUT2D eigenvalue weighted by molar-refractivity contribution is 6.25. The first kappa shape index (κ1) is 15.5. The van der Waals surface area contributed by atoms with E-state index in [-0.39, 0.29) is 12.4 Å². The van der Waals surface area contributed by atoms with Gasteiger partial charge in [-0.15, -0.1) is 0 Å². The average molecular weight is 325 g/mol. The van der Waals surface area contributed by atoms with E-state index >= 15 is 0 Å². The minimum absolute atomic E-state index is 0.257. The highest BCUT2D eigenvalue weighted by Crippen LogP contribution is 2.28. The highest BCUT2D eigenvalue weighted by atomic mass is 35.5. The Hall–Kier alpha value is -2.41. The fourth-order valence-electron chi connectivity index (χ4n) is 2.51. The summed E-state index contributed by atoms with van der Waals surface area (Å²) < 4.78 is 14.2. The summed E-state index contributed by atoms with van der Waals surface area (Å²) in [5.74, 6) is 5.54. The number of allylic oxidation sites excluding steroid dienone is 1. The summed E-state index contributed by atoms with van der Waals surface area (Å²) in [5, 5.41) is 0. The van der Waals surface area contributed by atoms with Crippen LogP contribution in [-0.4, -0.2) is 17.8 Å². The summed E-state index contributed by atoms with van der Waals surface area (Å²) in [5.41, 5.74) is 8.22. The van der Waals surface area contributed by atoms with Crippen molar-refractivity contribution in [2.75, 3.05) is 6.54 Å². The van der Waals surface area contributed by atoms with Crippen LogP contribution in [0.4, 0.5) is 4.39 Å². The van der Waals surface area contributed by atoms with Crippen LogP contribution in [0.25, 0.3) is 5.57 Å². The molecule has 1 aliphatic heterocycles. The zero-order valence-corrected chi connectivity index (χ0v) is 13.0. The Morgan fingerprint density at radius 2 is 1.70 bits per heavy atom. The van der Waals surface area contributed by atoms with Gasteiger partial charge in [-0.3, -0.25) is 4.99 Å². The van der Waals surface area contributed by atoms with Crippen molar-refractivity contribution in [3.8, 4) is 11.8 Å². The molecule has 1 unspecified atom stereocenters. The predicted molar refractivity (Wildman–Crippen MR) is 92.9 cm³/mol. The maximum Gasteiger partial charge on any atom is 0.144 e. The molecular formula is C19H14ClFN2. The third-order valence-electron chi connectivity index (χ3n) is 3.48. The molecule has 4 heteroatoms. The Balaban J connectivity index is 2.22. The number of aliphatic imine (C=N–C) groups is 1. The van der Waals surface area contributed by atoms with Gasteiger partial charge in [-0.25, -0.2) is 4.39 Å². The molecule has 23 heavy (non-hydrogen) atoms. The van der Waals surface area contributed by atoms with E-state index in [1.165, 1.54) is 6.07 Å². The molecule has 2 aromatic carbocycles. The standard InChI is InChI=1S/C19H14ClFN2/c20-18-12-13(6-5-11-22)14-7-1-2-8-15(14)19(23-18)16-9-3-4-10-17(16)21/h1-4,7-10,12,18H,11,22H2. The first-order chi connectivity index (χ1) is 11.2. The van der Waals surface area contributed by atoms with Crippen LogP contribution in [0.2, 0.25) is 0 Å². The van der Waals surface area contributed by atoms with E-state index in [4.69, 9.17) is 17.3 Å². The number of halogens is 2. The second kappa shape index (κ2) is 6.78. The van der Waals surface area contributed by atoms with E-state index in [1.807, 2.05) is 24.3 Å². The highest BCUT2D eigenvalue weighted by Gasteiger charge is 2.20. The minimum atomic E-state index is -0.626. The fourth-order valence-corrected chi connectivity index (χ4v) is 2.73. The number of nitrogens with zero attached hydrogens (tertiary/aromatic N) is 1. The second-order valence-electron chi connectivity index (χ2n) is 4.96. The maximum atomic E-state index is 14.2. The van der Waals surface area contributed by atoms with Crippen LogP contribution < -0.4 is 5.73 Å². The predicted octanol–water partition coefficient (Wildman–Crippen LogP) is 3.59. The smallest absolute Gasteiger partial charge is 0.144 e. The van der Waals surface area contributed by atoms with Crippen LogP contribution in [0.3, 0.4) is 0 Å². The summed E-state index contributed by atoms with van der Waals surface area (Å²) in [6.45, 7) is 0.257. The van der Waals surface area contributed by atoms with Crippen LogP contribution in [-0.2, 0) is 0 Å². The van der Waals surface area contributed by atoms with E-state index in [2.05, 4.69) is 16.8 Å². The summed E-state index contributed by atoms with van der Waals surface area (Å²) >= 11 is 6.30. The molecule has 0 aromatic heterocycles. The zero-order valence-electron chi connectivity index (χ0n) is 12.3. The first-order valence-electron chi connectivity index (χ1n) is 7.18. The Morgan fingerprint density at radius 1 is 1.04 bits per heavy atom. The molecule has 1 heterocycles. The van der Waals surface area contributed by atoms with Gasteiger partial charge in [-0.1, -0.05) is 59.8 Å². The zero-order chi connectivity index (χ0) is 16.2. The number of rotatable bonds is 1. The first-order valence-corrected chi connectivity index (χ1v) is 7.61. The van der Waals surface area contributed by atoms with Crippen LogP contribution in [0.15, 0.2) is 59.6 Å². The molecule has 0 amide bonds. The molecule has 2 aromatic rings. The van der Waals surface area contributed by atoms with E-state index in [9.17, 15) is 4.39 Å². The summed E-state index contributed by atoms with van der Waals surface area (Å²) in [6, 6.07) is 14.2. The van der Waals surface area contributed by atoms with Crippen molar-refractivity contribution in [1.82, 2.24) is 0 Å². The molecule has 0 radical (unpaired) electrons. The molecule has 3 rings (SSSR count). The summed E-state index contributed by atoms with van der Waals surface area (Å²) in [7, 11) is 0. The van der Waals surface area contributed by atoms with Gasteiger partial charge in [0.25, 0.3) is 0 Å². The van der Waals surface area contributed by atoms with Gasteiger partial charge in [0, 0.05) is 16.7 Å². The number of fused-ring (bicyclic) bond motifs is 1. The van der Waals surface area contributed by atoms with Crippen molar-refractivity contribution in [2.45, 2.75) is 5.50 Å². The molecule has 0 bridgehead atoms. The fraction of sp³-hybridized carbons (Fsp3) is 0.105. The topological polar surface area (TPSA) is 38.4 Å². The van der Waals surface area contributed by atoms with E-state index < -0.39 is 5.50 Å². The summed E-state index contributed by atoms with van der Waals surface area (Å²) in [4.78, 5) is 4.47. The Morgan fingerprint density at radius 3 is 2.39 bits per heavy atom. The Bertz CT molecular complexity index is 859. The van der Waals surface area contributed by atoms with Crippen molar-refractivity contribution >= 4 is 22.9 Å². The van der Waals surface area contributed by atoms with Crippen LogP contribution in [0.5, 0.6) is 0 Å². The second-order valence-corrected chi connectivity index (χ2v) is 5.41. The van der Waals surface area contributed by atoms with Crippen molar-refractivity contribution in [1.29, 1.82) is 0 Å². The van der Waals surface area contributed by atoms with Gasteiger partial charge < -0.3 is 5.73 Å². The van der Waals surface area contributed by atoms with E-state index in [0.29, 0.717) is 11.3 Å². The molecule has 0 fully saturated rings. The van der Waals surface area contributed by atoms with Crippen LogP contribution >= 0.6 is 11.6 Å². The van der Waals surface area contributed by atoms with E-state index in [0.717, 1.165) is 16.7 Å². The van der Waals surface area contributed by atoms with Crippen LogP contribution in [0, 0.1) is 17.7 Å². The Labute approximate surface area is 139 Å². The molecular weight excluding hydrogens is 311 g/mol. The Kier molecular flexibility index (Phi) is 4.57. The molecule has 0 saturated heterocycles. The molecule has 2 N–H and O–H groups in total. The quantitative estimate of drug-likeness (QED) is 0.486. The lowest BCUT2D eigenvalue weighted by Gasteiger charge is -2.11. The van der Waals surface area contributed by atoms with Gasteiger partial charge in [0.2, 0.25) is 0 Å². The molecule has 0 saturated carbocycles. The lowest BCUT2D eigenvalue weighted by Crippen LogP contribution is -2.09. The average Bonchev–Trinajstić information content (AvgIpc) is 2.70. The van der Waals surface area contributed by atoms with Gasteiger partial charge in [0.15, 0.2) is 0 Å². The molecule has 0 spiro atoms. The molecule has 1 atom stereocenters. The SMILES string of the molecule is NCC#CC1=CC(Cl)N=C(c2ccccc2F)c2ccccc21. The molecule has 114 valence electrons. The van der Waals surface area contributed by atoms with Gasteiger partial charge in [0.05, 0.1) is 12.3 Å². The van der Waals surface area contributed by atoms with E-state index in [1.54, 1.807) is 24.3 Å². The number of benzene rings is 2. The lowest BCUT2D eigenvalue weighted by molar-refractivity contribution is 0.625. The largest absolute Gasteiger partial charge is 0.320 e.